The zero-order valence-electron chi connectivity index (χ0n) is 18.8. The monoisotopic (exact) mass is 420 g/mol. The number of fused-ring (bicyclic) bond motifs is 1. The molecule has 1 aliphatic heterocycles. The molecular weight excluding hydrogens is 388 g/mol. The SMILES string of the molecule is C[C@@H](NCC1CN(Cc2ccccc2)CC1c1ccccc1)c1cccc2ccccc12. The van der Waals surface area contributed by atoms with Gasteiger partial charge in [0.15, 0.2) is 0 Å². The number of benzene rings is 4. The molecule has 0 aliphatic carbocycles. The topological polar surface area (TPSA) is 15.3 Å². The Balaban J connectivity index is 1.32. The second-order valence-electron chi connectivity index (χ2n) is 9.16. The molecule has 32 heavy (non-hydrogen) atoms. The molecule has 0 spiro atoms. The summed E-state index contributed by atoms with van der Waals surface area (Å²) >= 11 is 0. The van der Waals surface area contributed by atoms with Crippen LogP contribution in [0, 0.1) is 5.92 Å². The smallest absolute Gasteiger partial charge is 0.0298 e. The normalized spacial score (nSPS) is 19.9. The first kappa shape index (κ1) is 20.9. The quantitative estimate of drug-likeness (QED) is 0.372. The summed E-state index contributed by atoms with van der Waals surface area (Å²) in [6, 6.07) is 37.6. The van der Waals surface area contributed by atoms with E-state index in [1.54, 1.807) is 0 Å². The maximum atomic E-state index is 3.89. The van der Waals surface area contributed by atoms with E-state index in [9.17, 15) is 0 Å². The minimum Gasteiger partial charge on any atom is -0.310 e. The molecule has 3 atom stereocenters. The third-order valence-electron chi connectivity index (χ3n) is 6.97. The van der Waals surface area contributed by atoms with Gasteiger partial charge in [-0.3, -0.25) is 4.90 Å². The summed E-state index contributed by atoms with van der Waals surface area (Å²) in [5, 5.41) is 6.56. The van der Waals surface area contributed by atoms with Gasteiger partial charge in [-0.1, -0.05) is 103 Å². The number of hydrogen-bond donors (Lipinski definition) is 1. The summed E-state index contributed by atoms with van der Waals surface area (Å²) < 4.78 is 0. The molecule has 162 valence electrons. The number of likely N-dealkylation sites (tertiary alicyclic amines) is 1. The average molecular weight is 421 g/mol. The van der Waals surface area contributed by atoms with Crippen LogP contribution in [0.3, 0.4) is 0 Å². The lowest BCUT2D eigenvalue weighted by molar-refractivity contribution is 0.312. The van der Waals surface area contributed by atoms with E-state index >= 15 is 0 Å². The highest BCUT2D eigenvalue weighted by atomic mass is 15.2. The molecule has 5 rings (SSSR count). The van der Waals surface area contributed by atoms with Crippen molar-refractivity contribution in [2.24, 2.45) is 5.92 Å². The predicted molar refractivity (Wildman–Crippen MR) is 135 cm³/mol. The first-order valence-corrected chi connectivity index (χ1v) is 11.8. The molecule has 1 fully saturated rings. The van der Waals surface area contributed by atoms with Crippen LogP contribution in [0.2, 0.25) is 0 Å². The van der Waals surface area contributed by atoms with E-state index in [1.807, 2.05) is 0 Å². The average Bonchev–Trinajstić information content (AvgIpc) is 3.26. The van der Waals surface area contributed by atoms with Crippen molar-refractivity contribution in [2.75, 3.05) is 19.6 Å². The van der Waals surface area contributed by atoms with Crippen molar-refractivity contribution < 1.29 is 0 Å². The maximum absolute atomic E-state index is 3.89. The number of nitrogens with one attached hydrogen (secondary N) is 1. The second kappa shape index (κ2) is 9.68. The van der Waals surface area contributed by atoms with E-state index in [4.69, 9.17) is 0 Å². The fourth-order valence-corrected chi connectivity index (χ4v) is 5.28. The highest BCUT2D eigenvalue weighted by Gasteiger charge is 2.33. The molecule has 4 aromatic carbocycles. The van der Waals surface area contributed by atoms with Gasteiger partial charge in [-0.15, -0.1) is 0 Å². The molecule has 0 amide bonds. The predicted octanol–water partition coefficient (Wildman–Crippen LogP) is 6.41. The largest absolute Gasteiger partial charge is 0.310 e. The molecule has 0 aromatic heterocycles. The van der Waals surface area contributed by atoms with Gasteiger partial charge in [0, 0.05) is 38.1 Å². The Labute approximate surface area is 191 Å². The van der Waals surface area contributed by atoms with E-state index < -0.39 is 0 Å². The molecule has 1 saturated heterocycles. The molecular formula is C30H32N2. The van der Waals surface area contributed by atoms with E-state index in [1.165, 1.54) is 27.5 Å². The summed E-state index contributed by atoms with van der Waals surface area (Å²) in [6.45, 7) is 6.60. The summed E-state index contributed by atoms with van der Waals surface area (Å²) in [7, 11) is 0. The van der Waals surface area contributed by atoms with Crippen molar-refractivity contribution in [3.05, 3.63) is 120 Å². The number of rotatable bonds is 7. The molecule has 1 heterocycles. The number of hydrogen-bond acceptors (Lipinski definition) is 2. The van der Waals surface area contributed by atoms with Crippen LogP contribution in [-0.2, 0) is 6.54 Å². The third-order valence-corrected chi connectivity index (χ3v) is 6.97. The zero-order valence-corrected chi connectivity index (χ0v) is 18.8. The first-order valence-electron chi connectivity index (χ1n) is 11.8. The van der Waals surface area contributed by atoms with Crippen molar-refractivity contribution in [2.45, 2.75) is 25.4 Å². The lowest BCUT2D eigenvalue weighted by Gasteiger charge is -2.23. The molecule has 0 radical (unpaired) electrons. The van der Waals surface area contributed by atoms with Crippen LogP contribution in [0.15, 0.2) is 103 Å². The Hall–Kier alpha value is -2.94. The Morgan fingerprint density at radius 1 is 0.781 bits per heavy atom. The summed E-state index contributed by atoms with van der Waals surface area (Å²) in [5.41, 5.74) is 4.25. The minimum absolute atomic E-state index is 0.320. The van der Waals surface area contributed by atoms with Crippen molar-refractivity contribution in [3.8, 4) is 0 Å². The maximum Gasteiger partial charge on any atom is 0.0298 e. The lowest BCUT2D eigenvalue weighted by Crippen LogP contribution is -2.30. The lowest BCUT2D eigenvalue weighted by atomic mass is 9.88. The minimum atomic E-state index is 0.320. The molecule has 1 N–H and O–H groups in total. The van der Waals surface area contributed by atoms with Crippen LogP contribution in [0.4, 0.5) is 0 Å². The van der Waals surface area contributed by atoms with Gasteiger partial charge in [-0.25, -0.2) is 0 Å². The fourth-order valence-electron chi connectivity index (χ4n) is 5.28. The van der Waals surface area contributed by atoms with Gasteiger partial charge >= 0.3 is 0 Å². The van der Waals surface area contributed by atoms with Gasteiger partial charge in [0.25, 0.3) is 0 Å². The standard InChI is InChI=1S/C30H32N2/c1-23(28-18-10-16-25-15-8-9-17-29(25)28)31-19-27-21-32(20-24-11-4-2-5-12-24)22-30(27)26-13-6-3-7-14-26/h2-18,23,27,30-31H,19-22H2,1H3/t23-,27?,30?/m1/s1. The van der Waals surface area contributed by atoms with Gasteiger partial charge in [0.2, 0.25) is 0 Å². The first-order chi connectivity index (χ1) is 15.8. The molecule has 2 nitrogen and oxygen atoms in total. The fraction of sp³-hybridized carbons (Fsp3) is 0.267. The Morgan fingerprint density at radius 3 is 2.28 bits per heavy atom. The van der Waals surface area contributed by atoms with Crippen molar-refractivity contribution >= 4 is 10.8 Å². The van der Waals surface area contributed by atoms with Crippen molar-refractivity contribution in [1.82, 2.24) is 10.2 Å². The van der Waals surface area contributed by atoms with E-state index in [0.29, 0.717) is 17.9 Å². The summed E-state index contributed by atoms with van der Waals surface area (Å²) in [6.07, 6.45) is 0. The van der Waals surface area contributed by atoms with Crippen molar-refractivity contribution in [1.29, 1.82) is 0 Å². The highest BCUT2D eigenvalue weighted by molar-refractivity contribution is 5.86. The van der Waals surface area contributed by atoms with Gasteiger partial charge in [0.1, 0.15) is 0 Å². The van der Waals surface area contributed by atoms with Crippen LogP contribution in [0.5, 0.6) is 0 Å². The highest BCUT2D eigenvalue weighted by Crippen LogP contribution is 2.34. The van der Waals surface area contributed by atoms with Gasteiger partial charge < -0.3 is 5.32 Å². The second-order valence-corrected chi connectivity index (χ2v) is 9.16. The molecule has 4 aromatic rings. The van der Waals surface area contributed by atoms with E-state index in [-0.39, 0.29) is 0 Å². The molecule has 2 unspecified atom stereocenters. The van der Waals surface area contributed by atoms with Crippen LogP contribution in [0.25, 0.3) is 10.8 Å². The Bertz CT molecular complexity index is 1130. The Kier molecular flexibility index (Phi) is 6.34. The molecule has 0 bridgehead atoms. The Morgan fingerprint density at radius 2 is 1.47 bits per heavy atom. The molecule has 1 aliphatic rings. The molecule has 2 heteroatoms. The van der Waals surface area contributed by atoms with Crippen molar-refractivity contribution in [3.63, 3.8) is 0 Å². The van der Waals surface area contributed by atoms with Gasteiger partial charge in [0.05, 0.1) is 0 Å². The van der Waals surface area contributed by atoms with Gasteiger partial charge in [-0.05, 0) is 40.3 Å². The van der Waals surface area contributed by atoms with Crippen LogP contribution in [-0.4, -0.2) is 24.5 Å². The van der Waals surface area contributed by atoms with Crippen LogP contribution >= 0.6 is 0 Å². The van der Waals surface area contributed by atoms with E-state index in [0.717, 1.165) is 26.2 Å². The molecule has 0 saturated carbocycles. The van der Waals surface area contributed by atoms with Gasteiger partial charge in [-0.2, -0.15) is 0 Å². The summed E-state index contributed by atoms with van der Waals surface area (Å²) in [5.74, 6) is 1.16. The third kappa shape index (κ3) is 4.62. The zero-order chi connectivity index (χ0) is 21.8. The number of nitrogens with zero attached hydrogens (tertiary/aromatic N) is 1. The summed E-state index contributed by atoms with van der Waals surface area (Å²) in [4.78, 5) is 2.63. The van der Waals surface area contributed by atoms with Crippen LogP contribution in [0.1, 0.15) is 35.6 Å². The van der Waals surface area contributed by atoms with Crippen LogP contribution < -0.4 is 5.32 Å². The van der Waals surface area contributed by atoms with E-state index in [2.05, 4.69) is 120 Å².